The zero-order valence-electron chi connectivity index (χ0n) is 6.67. The number of nitrogens with two attached hydrogens (primary N) is 1. The van der Waals surface area contributed by atoms with E-state index in [9.17, 15) is 9.59 Å². The predicted molar refractivity (Wildman–Crippen MR) is 40.0 cm³/mol. The van der Waals surface area contributed by atoms with Gasteiger partial charge >= 0.3 is 11.9 Å². The minimum absolute atomic E-state index is 0.0231. The lowest BCUT2D eigenvalue weighted by atomic mass is 10.2. The molecule has 0 rings (SSSR count). The van der Waals surface area contributed by atoms with Gasteiger partial charge in [0, 0.05) is 6.42 Å². The van der Waals surface area contributed by atoms with E-state index in [0.29, 0.717) is 0 Å². The van der Waals surface area contributed by atoms with Crippen LogP contribution in [-0.4, -0.2) is 33.3 Å². The second-order valence-corrected chi connectivity index (χ2v) is 1.98. The lowest BCUT2D eigenvalue weighted by Gasteiger charge is -2.01. The molecule has 0 aromatic carbocycles. The molecule has 74 valence electrons. The zero-order valence-corrected chi connectivity index (χ0v) is 6.67. The van der Waals surface area contributed by atoms with Gasteiger partial charge in [0.1, 0.15) is 6.04 Å². The quantitative estimate of drug-likeness (QED) is 0.420. The summed E-state index contributed by atoms with van der Waals surface area (Å²) in [5.41, 5.74) is 5.00. The van der Waals surface area contributed by atoms with E-state index >= 15 is 0 Å². The van der Waals surface area contributed by atoms with Crippen molar-refractivity contribution < 1.29 is 24.9 Å². The zero-order chi connectivity index (χ0) is 10.9. The summed E-state index contributed by atoms with van der Waals surface area (Å²) in [5, 5.41) is 30.0. The van der Waals surface area contributed by atoms with Gasteiger partial charge < -0.3 is 21.1 Å². The van der Waals surface area contributed by atoms with Crippen molar-refractivity contribution in [2.45, 2.75) is 18.9 Å². The summed E-state index contributed by atoms with van der Waals surface area (Å²) in [6, 6.07) is -1.06. The fraction of sp³-hybridized carbons (Fsp3) is 0.500. The number of carboxylic acid groups (broad SMARTS) is 2. The first-order valence-electron chi connectivity index (χ1n) is 3.19. The molecule has 1 atom stereocenters. The third-order valence-corrected chi connectivity index (χ3v) is 0.986. The standard InChI is InChI=1S/C5H9NO4.CHNO/c6-3(5(9)10)1-2-4(7)8;2-1-3/h3H,1-2,6H2,(H,7,8)(H,9,10);3H/t3-;/m0./s1. The number of nitrogens with zero attached hydrogens (tertiary/aromatic N) is 1. The minimum atomic E-state index is -1.17. The highest BCUT2D eigenvalue weighted by Crippen LogP contribution is 1.93. The van der Waals surface area contributed by atoms with E-state index in [2.05, 4.69) is 0 Å². The Kier molecular flexibility index (Phi) is 8.77. The van der Waals surface area contributed by atoms with Crippen LogP contribution >= 0.6 is 0 Å². The van der Waals surface area contributed by atoms with Crippen LogP contribution in [0, 0.1) is 11.5 Å². The van der Waals surface area contributed by atoms with Gasteiger partial charge in [-0.2, -0.15) is 5.26 Å². The summed E-state index contributed by atoms with van der Waals surface area (Å²) >= 11 is 0. The maximum Gasteiger partial charge on any atom is 0.320 e. The first-order valence-corrected chi connectivity index (χ1v) is 3.19. The van der Waals surface area contributed by atoms with Crippen molar-refractivity contribution in [3.05, 3.63) is 0 Å². The van der Waals surface area contributed by atoms with E-state index in [0.717, 1.165) is 6.26 Å². The smallest absolute Gasteiger partial charge is 0.320 e. The number of aliphatic hydroxyl groups is 1. The van der Waals surface area contributed by atoms with Gasteiger partial charge in [-0.15, -0.1) is 0 Å². The van der Waals surface area contributed by atoms with E-state index in [1.807, 2.05) is 0 Å². The highest BCUT2D eigenvalue weighted by molar-refractivity contribution is 5.74. The van der Waals surface area contributed by atoms with Gasteiger partial charge in [-0.3, -0.25) is 9.59 Å². The number of carbonyl (C=O) groups is 2. The molecule has 0 aliphatic carbocycles. The summed E-state index contributed by atoms with van der Waals surface area (Å²) in [6.07, 6.45) is 0.526. The molecule has 0 saturated heterocycles. The maximum absolute atomic E-state index is 9.99. The molecule has 0 unspecified atom stereocenters. The molecule has 0 bridgehead atoms. The molecule has 0 aromatic heterocycles. The van der Waals surface area contributed by atoms with Crippen LogP contribution < -0.4 is 5.73 Å². The van der Waals surface area contributed by atoms with E-state index in [1.165, 1.54) is 0 Å². The Morgan fingerprint density at radius 2 is 1.85 bits per heavy atom. The van der Waals surface area contributed by atoms with Gasteiger partial charge in [0.15, 0.2) is 0 Å². The Balaban J connectivity index is 0. The molecule has 0 aliphatic heterocycles. The summed E-state index contributed by atoms with van der Waals surface area (Å²) in [5.74, 6) is -2.20. The Labute approximate surface area is 74.0 Å². The van der Waals surface area contributed by atoms with Gasteiger partial charge in [0.2, 0.25) is 0 Å². The van der Waals surface area contributed by atoms with Crippen LogP contribution in [0.5, 0.6) is 0 Å². The van der Waals surface area contributed by atoms with Crippen molar-refractivity contribution >= 4 is 11.9 Å². The SMILES string of the molecule is N#CO.N[C@@H](CCC(=O)O)C(=O)O. The molecule has 5 N–H and O–H groups in total. The molecule has 13 heavy (non-hydrogen) atoms. The van der Waals surface area contributed by atoms with Crippen molar-refractivity contribution in [2.75, 3.05) is 0 Å². The first kappa shape index (κ1) is 13.8. The van der Waals surface area contributed by atoms with E-state index in [1.54, 1.807) is 0 Å². The van der Waals surface area contributed by atoms with Crippen LogP contribution in [0.25, 0.3) is 0 Å². The molecular formula is C6H10N2O5. The summed E-state index contributed by atoms with van der Waals surface area (Å²) in [4.78, 5) is 19.9. The number of hydrogen-bond acceptors (Lipinski definition) is 5. The van der Waals surface area contributed by atoms with Gasteiger partial charge in [0.05, 0.1) is 0 Å². The third-order valence-electron chi connectivity index (χ3n) is 0.986. The predicted octanol–water partition coefficient (Wildman–Crippen LogP) is -0.897. The van der Waals surface area contributed by atoms with Crippen LogP contribution in [0.3, 0.4) is 0 Å². The summed E-state index contributed by atoms with van der Waals surface area (Å²) in [7, 11) is 0. The van der Waals surface area contributed by atoms with Crippen molar-refractivity contribution in [1.29, 1.82) is 5.26 Å². The maximum atomic E-state index is 9.99. The van der Waals surface area contributed by atoms with Crippen molar-refractivity contribution in [2.24, 2.45) is 5.73 Å². The Morgan fingerprint density at radius 3 is 2.08 bits per heavy atom. The highest BCUT2D eigenvalue weighted by Gasteiger charge is 2.12. The lowest BCUT2D eigenvalue weighted by molar-refractivity contribution is -0.139. The fourth-order valence-electron chi connectivity index (χ4n) is 0.402. The lowest BCUT2D eigenvalue weighted by Crippen LogP contribution is -2.30. The molecular weight excluding hydrogens is 180 g/mol. The van der Waals surface area contributed by atoms with E-state index in [-0.39, 0.29) is 12.8 Å². The monoisotopic (exact) mass is 190 g/mol. The van der Waals surface area contributed by atoms with Crippen molar-refractivity contribution in [3.63, 3.8) is 0 Å². The number of hydrogen-bond donors (Lipinski definition) is 4. The number of carboxylic acids is 2. The first-order chi connectivity index (χ1) is 5.95. The van der Waals surface area contributed by atoms with Crippen molar-refractivity contribution in [3.8, 4) is 6.26 Å². The van der Waals surface area contributed by atoms with Gasteiger partial charge in [-0.25, -0.2) is 0 Å². The van der Waals surface area contributed by atoms with Crippen LogP contribution in [0.2, 0.25) is 0 Å². The number of nitriles is 1. The largest absolute Gasteiger partial charge is 0.481 e. The number of aliphatic hydroxyl groups excluding tert-OH is 1. The Bertz CT molecular complexity index is 210. The molecule has 0 aliphatic rings. The average molecular weight is 190 g/mol. The molecule has 0 aromatic rings. The molecule has 7 heteroatoms. The van der Waals surface area contributed by atoms with E-state index in [4.69, 9.17) is 26.3 Å². The molecule has 0 spiro atoms. The topological polar surface area (TPSA) is 145 Å². The molecule has 0 fully saturated rings. The minimum Gasteiger partial charge on any atom is -0.481 e. The molecule has 7 nitrogen and oxygen atoms in total. The number of aliphatic carboxylic acids is 2. The molecule has 0 saturated carbocycles. The molecule has 0 heterocycles. The molecule has 0 amide bonds. The van der Waals surface area contributed by atoms with Crippen LogP contribution in [0.1, 0.15) is 12.8 Å². The average Bonchev–Trinajstić information content (AvgIpc) is 2.01. The van der Waals surface area contributed by atoms with Gasteiger partial charge in [-0.1, -0.05) is 0 Å². The van der Waals surface area contributed by atoms with Gasteiger partial charge in [-0.05, 0) is 6.42 Å². The van der Waals surface area contributed by atoms with Crippen LogP contribution in [-0.2, 0) is 9.59 Å². The summed E-state index contributed by atoms with van der Waals surface area (Å²) in [6.45, 7) is 0. The number of rotatable bonds is 4. The Morgan fingerprint density at radius 1 is 1.46 bits per heavy atom. The highest BCUT2D eigenvalue weighted by atomic mass is 16.4. The van der Waals surface area contributed by atoms with Gasteiger partial charge in [0.25, 0.3) is 6.26 Å². The van der Waals surface area contributed by atoms with Crippen LogP contribution in [0.15, 0.2) is 0 Å². The second kappa shape index (κ2) is 8.29. The van der Waals surface area contributed by atoms with Crippen molar-refractivity contribution in [1.82, 2.24) is 0 Å². The second-order valence-electron chi connectivity index (χ2n) is 1.98. The molecule has 0 radical (unpaired) electrons. The Hall–Kier alpha value is -1.81. The summed E-state index contributed by atoms with van der Waals surface area (Å²) < 4.78 is 0. The normalized spacial score (nSPS) is 10.2. The fourth-order valence-corrected chi connectivity index (χ4v) is 0.402. The van der Waals surface area contributed by atoms with Crippen LogP contribution in [0.4, 0.5) is 0 Å². The third kappa shape index (κ3) is 13.2. The van der Waals surface area contributed by atoms with E-state index < -0.39 is 18.0 Å².